The van der Waals surface area contributed by atoms with Gasteiger partial charge in [-0.25, -0.2) is 8.42 Å². The highest BCUT2D eigenvalue weighted by Crippen LogP contribution is 2.27. The van der Waals surface area contributed by atoms with Gasteiger partial charge in [-0.1, -0.05) is 22.9 Å². The van der Waals surface area contributed by atoms with E-state index in [1.54, 1.807) is 0 Å². The number of hydrogen-bond donors (Lipinski definition) is 0. The third kappa shape index (κ3) is 2.71. The van der Waals surface area contributed by atoms with Crippen LogP contribution in [0.2, 0.25) is 0 Å². The molecule has 1 rings (SSSR count). The van der Waals surface area contributed by atoms with E-state index in [4.69, 9.17) is 15.9 Å². The van der Waals surface area contributed by atoms with Crippen molar-refractivity contribution in [3.05, 3.63) is 27.7 Å². The first-order valence-electron chi connectivity index (χ1n) is 4.07. The molecule has 0 atom stereocenters. The van der Waals surface area contributed by atoms with E-state index in [1.165, 1.54) is 12.1 Å². The Morgan fingerprint density at radius 1 is 1.53 bits per heavy atom. The third-order valence-electron chi connectivity index (χ3n) is 1.91. The summed E-state index contributed by atoms with van der Waals surface area (Å²) in [5, 5.41) is 8.80. The van der Waals surface area contributed by atoms with E-state index in [9.17, 15) is 8.42 Å². The van der Waals surface area contributed by atoms with Crippen LogP contribution in [0.1, 0.15) is 18.1 Å². The van der Waals surface area contributed by atoms with Gasteiger partial charge in [-0.05, 0) is 24.1 Å². The van der Waals surface area contributed by atoms with Gasteiger partial charge >= 0.3 is 0 Å². The molecule has 15 heavy (non-hydrogen) atoms. The molecule has 0 unspecified atom stereocenters. The molecule has 3 nitrogen and oxygen atoms in total. The van der Waals surface area contributed by atoms with Gasteiger partial charge in [-0.15, -0.1) is 0 Å². The molecular weight excluding hydrogens is 302 g/mol. The van der Waals surface area contributed by atoms with Crippen molar-refractivity contribution < 1.29 is 8.42 Å². The fraction of sp³-hybridized carbons (Fsp3) is 0.222. The van der Waals surface area contributed by atoms with E-state index in [1.807, 2.05) is 13.0 Å². The summed E-state index contributed by atoms with van der Waals surface area (Å²) in [4.78, 5) is -0.157. The number of benzene rings is 1. The molecule has 0 saturated heterocycles. The van der Waals surface area contributed by atoms with Gasteiger partial charge in [0, 0.05) is 15.2 Å². The smallest absolute Gasteiger partial charge is 0.207 e. The molecule has 1 aromatic carbocycles. The van der Waals surface area contributed by atoms with Crippen LogP contribution >= 0.6 is 26.6 Å². The maximum Gasteiger partial charge on any atom is 0.262 e. The van der Waals surface area contributed by atoms with Crippen molar-refractivity contribution in [3.63, 3.8) is 0 Å². The van der Waals surface area contributed by atoms with Gasteiger partial charge < -0.3 is 0 Å². The van der Waals surface area contributed by atoms with E-state index in [2.05, 4.69) is 15.9 Å². The zero-order valence-electron chi connectivity index (χ0n) is 7.79. The highest BCUT2D eigenvalue weighted by molar-refractivity contribution is 9.10. The highest BCUT2D eigenvalue weighted by Gasteiger charge is 2.17. The number of hydrogen-bond acceptors (Lipinski definition) is 3. The molecule has 0 aliphatic carbocycles. The van der Waals surface area contributed by atoms with Gasteiger partial charge in [-0.3, -0.25) is 0 Å². The second-order valence-corrected chi connectivity index (χ2v) is 6.23. The van der Waals surface area contributed by atoms with Gasteiger partial charge in [0.25, 0.3) is 9.05 Å². The first-order valence-corrected chi connectivity index (χ1v) is 7.17. The fourth-order valence-electron chi connectivity index (χ4n) is 1.16. The predicted molar refractivity (Wildman–Crippen MR) is 61.3 cm³/mol. The van der Waals surface area contributed by atoms with Crippen LogP contribution in [0.4, 0.5) is 0 Å². The Hall–Kier alpha value is -0.570. The minimum Gasteiger partial charge on any atom is -0.207 e. The zero-order valence-corrected chi connectivity index (χ0v) is 10.9. The Labute approximate surface area is 101 Å². The fourth-order valence-corrected chi connectivity index (χ4v) is 2.94. The molecule has 0 spiro atoms. The van der Waals surface area contributed by atoms with Crippen LogP contribution in [-0.2, 0) is 15.5 Å². The quantitative estimate of drug-likeness (QED) is 0.789. The number of nitrogens with zero attached hydrogens (tertiary/aromatic N) is 1. The molecule has 0 heterocycles. The minimum atomic E-state index is -3.87. The van der Waals surface area contributed by atoms with Gasteiger partial charge in [0.15, 0.2) is 0 Å². The van der Waals surface area contributed by atoms with Crippen LogP contribution in [0.5, 0.6) is 0 Å². The van der Waals surface area contributed by atoms with Gasteiger partial charge in [0.2, 0.25) is 0 Å². The Balaban J connectivity index is 3.57. The lowest BCUT2D eigenvalue weighted by Crippen LogP contribution is -1.97. The predicted octanol–water partition coefficient (Wildman–Crippen LogP) is 2.81. The topological polar surface area (TPSA) is 57.9 Å². The Kier molecular flexibility index (Phi) is 3.77. The summed E-state index contributed by atoms with van der Waals surface area (Å²) in [6.07, 6.45) is 0.706. The summed E-state index contributed by atoms with van der Waals surface area (Å²) in [5.74, 6) is 0. The second kappa shape index (κ2) is 4.52. The van der Waals surface area contributed by atoms with Crippen LogP contribution in [0.15, 0.2) is 21.5 Å². The molecule has 0 aliphatic heterocycles. The van der Waals surface area contributed by atoms with E-state index in [0.717, 1.165) is 5.56 Å². The van der Waals surface area contributed by atoms with Gasteiger partial charge in [0.05, 0.1) is 5.56 Å². The molecule has 0 fully saturated rings. The van der Waals surface area contributed by atoms with Crippen molar-refractivity contribution in [2.45, 2.75) is 18.2 Å². The minimum absolute atomic E-state index is 0.0741. The van der Waals surface area contributed by atoms with Crippen molar-refractivity contribution in [1.82, 2.24) is 0 Å². The van der Waals surface area contributed by atoms with Crippen LogP contribution in [-0.4, -0.2) is 8.42 Å². The summed E-state index contributed by atoms with van der Waals surface area (Å²) >= 11 is 3.23. The lowest BCUT2D eigenvalue weighted by molar-refractivity contribution is 0.609. The SMILES string of the molecule is CCc1cc(C#N)c(S(=O)(=O)Cl)cc1Br. The van der Waals surface area contributed by atoms with E-state index in [0.29, 0.717) is 10.9 Å². The number of rotatable bonds is 2. The summed E-state index contributed by atoms with van der Waals surface area (Å²) in [6.45, 7) is 1.91. The van der Waals surface area contributed by atoms with Crippen molar-refractivity contribution in [2.75, 3.05) is 0 Å². The summed E-state index contributed by atoms with van der Waals surface area (Å²) in [7, 11) is 1.34. The Bertz CT molecular complexity index is 534. The van der Waals surface area contributed by atoms with Crippen molar-refractivity contribution in [2.24, 2.45) is 0 Å². The first-order chi connectivity index (χ1) is 6.90. The monoisotopic (exact) mass is 307 g/mol. The summed E-state index contributed by atoms with van der Waals surface area (Å²) < 4.78 is 23.0. The Morgan fingerprint density at radius 2 is 2.13 bits per heavy atom. The maximum absolute atomic E-state index is 11.2. The lowest BCUT2D eigenvalue weighted by atomic mass is 10.1. The molecule has 0 aliphatic rings. The molecule has 80 valence electrons. The molecule has 0 aromatic heterocycles. The van der Waals surface area contributed by atoms with Crippen molar-refractivity contribution in [3.8, 4) is 6.07 Å². The highest BCUT2D eigenvalue weighted by atomic mass is 79.9. The Morgan fingerprint density at radius 3 is 2.53 bits per heavy atom. The summed E-state index contributed by atoms with van der Waals surface area (Å²) in [5.41, 5.74) is 0.945. The largest absolute Gasteiger partial charge is 0.262 e. The molecule has 0 saturated carbocycles. The average Bonchev–Trinajstić information content (AvgIpc) is 2.16. The second-order valence-electron chi connectivity index (χ2n) is 2.84. The molecule has 1 aromatic rings. The van der Waals surface area contributed by atoms with Crippen LogP contribution < -0.4 is 0 Å². The van der Waals surface area contributed by atoms with Gasteiger partial charge in [0.1, 0.15) is 11.0 Å². The van der Waals surface area contributed by atoms with Crippen molar-refractivity contribution >= 4 is 35.7 Å². The van der Waals surface area contributed by atoms with Crippen LogP contribution in [0.25, 0.3) is 0 Å². The molecule has 0 amide bonds. The maximum atomic E-state index is 11.2. The summed E-state index contributed by atoms with van der Waals surface area (Å²) in [6, 6.07) is 4.71. The van der Waals surface area contributed by atoms with Crippen LogP contribution in [0, 0.1) is 11.3 Å². The zero-order chi connectivity index (χ0) is 11.6. The van der Waals surface area contributed by atoms with E-state index in [-0.39, 0.29) is 10.5 Å². The molecule has 0 N–H and O–H groups in total. The number of halogens is 2. The molecular formula is C9H7BrClNO2S. The standard InChI is InChI=1S/C9H7BrClNO2S/c1-2-6-3-7(5-12)9(4-8(6)10)15(11,13)14/h3-4H,2H2,1H3. The molecule has 0 radical (unpaired) electrons. The lowest BCUT2D eigenvalue weighted by Gasteiger charge is -2.05. The first kappa shape index (κ1) is 12.5. The number of aryl methyl sites for hydroxylation is 1. The normalized spacial score (nSPS) is 11.1. The van der Waals surface area contributed by atoms with Crippen LogP contribution in [0.3, 0.4) is 0 Å². The van der Waals surface area contributed by atoms with Gasteiger partial charge in [-0.2, -0.15) is 5.26 Å². The third-order valence-corrected chi connectivity index (χ3v) is 4.01. The van der Waals surface area contributed by atoms with Crippen molar-refractivity contribution in [1.29, 1.82) is 5.26 Å². The van der Waals surface area contributed by atoms with E-state index < -0.39 is 9.05 Å². The molecule has 0 bridgehead atoms. The average molecular weight is 309 g/mol. The number of nitriles is 1. The van der Waals surface area contributed by atoms with E-state index >= 15 is 0 Å². The molecule has 6 heteroatoms.